The van der Waals surface area contributed by atoms with Crippen LogP contribution in [-0.2, 0) is 28.4 Å². The van der Waals surface area contributed by atoms with E-state index >= 15 is 0 Å². The summed E-state index contributed by atoms with van der Waals surface area (Å²) in [6.07, 6.45) is -5.32. The largest absolute Gasteiger partial charge is 0.388 e. The Morgan fingerprint density at radius 3 is 1.68 bits per heavy atom. The van der Waals surface area contributed by atoms with E-state index in [-0.39, 0.29) is 6.61 Å². The Morgan fingerprint density at radius 1 is 0.680 bits per heavy atom. The van der Waals surface area contributed by atoms with E-state index in [1.807, 2.05) is 6.92 Å². The molecule has 0 spiro atoms. The van der Waals surface area contributed by atoms with Gasteiger partial charge in [-0.25, -0.2) is 0 Å². The lowest BCUT2D eigenvalue weighted by atomic mass is 10.0. The molecule has 0 aromatic carbocycles. The third-order valence-electron chi connectivity index (χ3n) is 3.64. The van der Waals surface area contributed by atoms with Gasteiger partial charge >= 0.3 is 0 Å². The minimum Gasteiger partial charge on any atom is -0.388 e. The summed E-state index contributed by atoms with van der Waals surface area (Å²) in [5, 5.41) is 29.0. The molecule has 3 N–H and O–H groups in total. The van der Waals surface area contributed by atoms with E-state index in [1.54, 1.807) is 6.92 Å². The van der Waals surface area contributed by atoms with E-state index in [4.69, 9.17) is 28.4 Å². The number of aliphatic hydroxyl groups excluding tert-OH is 3. The molecular formula is C16H32O9. The van der Waals surface area contributed by atoms with Gasteiger partial charge in [-0.3, -0.25) is 0 Å². The molecule has 0 aromatic rings. The molecule has 0 saturated carbocycles. The zero-order valence-electron chi connectivity index (χ0n) is 15.0. The summed E-state index contributed by atoms with van der Waals surface area (Å²) in [4.78, 5) is 0. The summed E-state index contributed by atoms with van der Waals surface area (Å²) >= 11 is 0. The lowest BCUT2D eigenvalue weighted by molar-refractivity contribution is -0.294. The number of hydrogen-bond acceptors (Lipinski definition) is 9. The topological polar surface area (TPSA) is 116 Å². The Morgan fingerprint density at radius 2 is 1.16 bits per heavy atom. The zero-order valence-corrected chi connectivity index (χ0v) is 15.0. The van der Waals surface area contributed by atoms with E-state index in [2.05, 4.69) is 0 Å². The van der Waals surface area contributed by atoms with Crippen LogP contribution in [0.3, 0.4) is 0 Å². The SMILES string of the molecule is CCOCCOCCOCCOCCO[C@@H]1O[C@@H](C)[C@@H](O)C(O)C1O. The Hall–Kier alpha value is -0.360. The minimum absolute atomic E-state index is 0.192. The summed E-state index contributed by atoms with van der Waals surface area (Å²) in [7, 11) is 0. The highest BCUT2D eigenvalue weighted by Gasteiger charge is 2.42. The van der Waals surface area contributed by atoms with Crippen LogP contribution in [0.1, 0.15) is 13.8 Å². The van der Waals surface area contributed by atoms with E-state index in [1.165, 1.54) is 0 Å². The third-order valence-corrected chi connectivity index (χ3v) is 3.64. The lowest BCUT2D eigenvalue weighted by Crippen LogP contribution is -2.57. The molecule has 1 fully saturated rings. The number of hydrogen-bond donors (Lipinski definition) is 3. The zero-order chi connectivity index (χ0) is 18.5. The van der Waals surface area contributed by atoms with Gasteiger partial charge in [-0.2, -0.15) is 0 Å². The fourth-order valence-corrected chi connectivity index (χ4v) is 2.18. The average Bonchev–Trinajstić information content (AvgIpc) is 2.61. The fourth-order valence-electron chi connectivity index (χ4n) is 2.18. The summed E-state index contributed by atoms with van der Waals surface area (Å²) in [6, 6.07) is 0. The van der Waals surface area contributed by atoms with Gasteiger partial charge in [0.1, 0.15) is 18.3 Å². The van der Waals surface area contributed by atoms with Crippen LogP contribution in [0.2, 0.25) is 0 Å². The molecular weight excluding hydrogens is 336 g/mol. The summed E-state index contributed by atoms with van der Waals surface area (Å²) in [6.45, 7) is 7.73. The summed E-state index contributed by atoms with van der Waals surface area (Å²) in [5.41, 5.74) is 0. The minimum atomic E-state index is -1.29. The van der Waals surface area contributed by atoms with Crippen molar-refractivity contribution < 1.29 is 43.7 Å². The van der Waals surface area contributed by atoms with Crippen LogP contribution in [0.15, 0.2) is 0 Å². The fraction of sp³-hybridized carbons (Fsp3) is 1.00. The van der Waals surface area contributed by atoms with Gasteiger partial charge < -0.3 is 43.7 Å². The quantitative estimate of drug-likeness (QED) is 0.329. The molecule has 2 unspecified atom stereocenters. The van der Waals surface area contributed by atoms with Crippen LogP contribution < -0.4 is 0 Å². The van der Waals surface area contributed by atoms with Gasteiger partial charge in [0.25, 0.3) is 0 Å². The van der Waals surface area contributed by atoms with Crippen LogP contribution in [0.5, 0.6) is 0 Å². The predicted molar refractivity (Wildman–Crippen MR) is 87.3 cm³/mol. The van der Waals surface area contributed by atoms with Crippen LogP contribution in [0, 0.1) is 0 Å². The molecule has 5 atom stereocenters. The molecule has 0 aliphatic carbocycles. The van der Waals surface area contributed by atoms with Gasteiger partial charge in [-0.05, 0) is 13.8 Å². The summed E-state index contributed by atoms with van der Waals surface area (Å²) in [5.74, 6) is 0. The van der Waals surface area contributed by atoms with Crippen molar-refractivity contribution in [1.82, 2.24) is 0 Å². The van der Waals surface area contributed by atoms with Gasteiger partial charge in [-0.1, -0.05) is 0 Å². The molecule has 0 aromatic heterocycles. The number of aliphatic hydroxyl groups is 3. The molecule has 1 aliphatic rings. The molecule has 1 saturated heterocycles. The molecule has 0 bridgehead atoms. The maximum Gasteiger partial charge on any atom is 0.186 e. The first-order valence-electron chi connectivity index (χ1n) is 8.70. The van der Waals surface area contributed by atoms with E-state index in [0.29, 0.717) is 52.9 Å². The first-order valence-corrected chi connectivity index (χ1v) is 8.70. The van der Waals surface area contributed by atoms with Crippen molar-refractivity contribution in [2.24, 2.45) is 0 Å². The van der Waals surface area contributed by atoms with Crippen molar-refractivity contribution in [2.75, 3.05) is 59.5 Å². The molecule has 1 rings (SSSR count). The van der Waals surface area contributed by atoms with Crippen molar-refractivity contribution in [3.05, 3.63) is 0 Å². The van der Waals surface area contributed by atoms with Crippen molar-refractivity contribution in [3.8, 4) is 0 Å². The van der Waals surface area contributed by atoms with Gasteiger partial charge in [0.05, 0.1) is 59.0 Å². The first-order chi connectivity index (χ1) is 12.1. The van der Waals surface area contributed by atoms with Crippen molar-refractivity contribution >= 4 is 0 Å². The molecule has 1 aliphatic heterocycles. The molecule has 0 amide bonds. The van der Waals surface area contributed by atoms with Crippen molar-refractivity contribution in [3.63, 3.8) is 0 Å². The normalized spacial score (nSPS) is 29.9. The lowest BCUT2D eigenvalue weighted by Gasteiger charge is -2.38. The third kappa shape index (κ3) is 9.23. The van der Waals surface area contributed by atoms with E-state index in [9.17, 15) is 15.3 Å². The van der Waals surface area contributed by atoms with Crippen molar-refractivity contribution in [1.29, 1.82) is 0 Å². The molecule has 1 heterocycles. The molecule has 9 heteroatoms. The highest BCUT2D eigenvalue weighted by Crippen LogP contribution is 2.21. The number of rotatable bonds is 14. The molecule has 9 nitrogen and oxygen atoms in total. The highest BCUT2D eigenvalue weighted by atomic mass is 16.7. The highest BCUT2D eigenvalue weighted by molar-refractivity contribution is 4.87. The molecule has 150 valence electrons. The smallest absolute Gasteiger partial charge is 0.186 e. The predicted octanol–water partition coefficient (Wildman–Crippen LogP) is -1.08. The Kier molecular flexibility index (Phi) is 12.5. The first kappa shape index (κ1) is 22.7. The van der Waals surface area contributed by atoms with Gasteiger partial charge in [0, 0.05) is 6.61 Å². The monoisotopic (exact) mass is 368 g/mol. The Bertz CT molecular complexity index is 318. The second-order valence-corrected chi connectivity index (χ2v) is 5.59. The van der Waals surface area contributed by atoms with Crippen LogP contribution in [0.4, 0.5) is 0 Å². The Labute approximate surface area is 148 Å². The second-order valence-electron chi connectivity index (χ2n) is 5.59. The van der Waals surface area contributed by atoms with Crippen LogP contribution in [0.25, 0.3) is 0 Å². The molecule has 25 heavy (non-hydrogen) atoms. The standard InChI is InChI=1S/C16H32O9/c1-3-20-4-5-21-6-7-22-8-9-23-10-11-24-16-15(19)14(18)13(17)12(2)25-16/h12-19H,3-11H2,1-2H3/t12-,13+,14?,15?,16+/m0/s1. The van der Waals surface area contributed by atoms with Crippen molar-refractivity contribution in [2.45, 2.75) is 44.6 Å². The van der Waals surface area contributed by atoms with Crippen LogP contribution >= 0.6 is 0 Å². The van der Waals surface area contributed by atoms with Gasteiger partial charge in [-0.15, -0.1) is 0 Å². The maximum absolute atomic E-state index is 9.78. The van der Waals surface area contributed by atoms with E-state index < -0.39 is 30.7 Å². The van der Waals surface area contributed by atoms with E-state index in [0.717, 1.165) is 0 Å². The maximum atomic E-state index is 9.78. The average molecular weight is 368 g/mol. The number of ether oxygens (including phenoxy) is 6. The van der Waals surface area contributed by atoms with Gasteiger partial charge in [0.2, 0.25) is 0 Å². The van der Waals surface area contributed by atoms with Crippen LogP contribution in [-0.4, -0.2) is 105 Å². The second kappa shape index (κ2) is 13.8. The summed E-state index contributed by atoms with van der Waals surface area (Å²) < 4.78 is 31.7. The van der Waals surface area contributed by atoms with Gasteiger partial charge in [0.15, 0.2) is 6.29 Å². The Balaban J connectivity index is 1.90. The molecule has 0 radical (unpaired) electrons.